The summed E-state index contributed by atoms with van der Waals surface area (Å²) in [4.78, 5) is 13.1. The highest BCUT2D eigenvalue weighted by atomic mass is 32.2. The number of hydrogen-bond donors (Lipinski definition) is 2. The minimum atomic E-state index is -3.49. The first-order valence-electron chi connectivity index (χ1n) is 11.8. The Labute approximate surface area is 199 Å². The number of rotatable bonds is 10. The van der Waals surface area contributed by atoms with Crippen LogP contribution in [0.3, 0.4) is 0 Å². The molecule has 1 aliphatic rings. The van der Waals surface area contributed by atoms with Gasteiger partial charge in [-0.05, 0) is 43.4 Å². The van der Waals surface area contributed by atoms with Crippen molar-refractivity contribution < 1.29 is 22.7 Å². The molecule has 2 N–H and O–H groups in total. The van der Waals surface area contributed by atoms with E-state index in [1.165, 1.54) is 0 Å². The molecule has 1 aliphatic carbocycles. The Bertz CT molecular complexity index is 949. The molecule has 33 heavy (non-hydrogen) atoms. The number of hydrogen-bond acceptors (Lipinski definition) is 5. The molecule has 8 heteroatoms. The van der Waals surface area contributed by atoms with Gasteiger partial charge in [0.15, 0.2) is 11.5 Å². The van der Waals surface area contributed by atoms with Crippen molar-refractivity contribution in [3.05, 3.63) is 23.8 Å². The summed E-state index contributed by atoms with van der Waals surface area (Å²) in [5, 5.41) is 3.14. The lowest BCUT2D eigenvalue weighted by molar-refractivity contribution is -0.124. The third kappa shape index (κ3) is 7.94. The number of carbonyl (C=O) groups excluding carboxylic acids is 1. The molecule has 3 atom stereocenters. The first kappa shape index (κ1) is 27.0. The van der Waals surface area contributed by atoms with Crippen molar-refractivity contribution in [1.82, 2.24) is 10.0 Å². The van der Waals surface area contributed by atoms with Gasteiger partial charge in [-0.15, -0.1) is 5.92 Å². The third-order valence-corrected chi connectivity index (χ3v) is 7.32. The molecule has 1 saturated carbocycles. The van der Waals surface area contributed by atoms with Crippen molar-refractivity contribution in [3.8, 4) is 23.3 Å². The molecular formula is C25H38N2O5S. The summed E-state index contributed by atoms with van der Waals surface area (Å²) in [6, 6.07) is 5.00. The lowest BCUT2D eigenvalue weighted by Crippen LogP contribution is -2.53. The van der Waals surface area contributed by atoms with Gasteiger partial charge in [0.25, 0.3) is 0 Å². The Morgan fingerprint density at radius 3 is 2.52 bits per heavy atom. The van der Waals surface area contributed by atoms with Gasteiger partial charge in [-0.2, -0.15) is 0 Å². The van der Waals surface area contributed by atoms with Crippen LogP contribution in [0.5, 0.6) is 11.5 Å². The van der Waals surface area contributed by atoms with E-state index in [1.54, 1.807) is 14.0 Å². The second kappa shape index (κ2) is 12.9. The highest BCUT2D eigenvalue weighted by molar-refractivity contribution is 7.89. The van der Waals surface area contributed by atoms with E-state index in [0.717, 1.165) is 37.7 Å². The zero-order valence-corrected chi connectivity index (χ0v) is 21.3. The number of sulfonamides is 1. The van der Waals surface area contributed by atoms with Crippen LogP contribution in [0.1, 0.15) is 71.3 Å². The molecule has 184 valence electrons. The molecule has 1 aromatic rings. The van der Waals surface area contributed by atoms with Crippen molar-refractivity contribution in [2.24, 2.45) is 5.92 Å². The number of ether oxygens (including phenoxy) is 2. The Balaban J connectivity index is 2.19. The van der Waals surface area contributed by atoms with Gasteiger partial charge >= 0.3 is 0 Å². The minimum absolute atomic E-state index is 0.0617. The van der Waals surface area contributed by atoms with Crippen molar-refractivity contribution >= 4 is 15.9 Å². The van der Waals surface area contributed by atoms with Crippen LogP contribution in [0, 0.1) is 17.8 Å². The molecule has 1 fully saturated rings. The Morgan fingerprint density at radius 1 is 1.15 bits per heavy atom. The molecule has 0 radical (unpaired) electrons. The summed E-state index contributed by atoms with van der Waals surface area (Å²) in [5.74, 6) is 6.82. The number of carbonyl (C=O) groups is 1. The van der Waals surface area contributed by atoms with Crippen LogP contribution in [0.25, 0.3) is 0 Å². The van der Waals surface area contributed by atoms with Crippen molar-refractivity contribution in [2.45, 2.75) is 77.8 Å². The molecule has 0 aromatic heterocycles. The predicted molar refractivity (Wildman–Crippen MR) is 131 cm³/mol. The van der Waals surface area contributed by atoms with Gasteiger partial charge in [-0.25, -0.2) is 13.1 Å². The first-order chi connectivity index (χ1) is 15.7. The number of amides is 1. The van der Waals surface area contributed by atoms with E-state index in [4.69, 9.17) is 9.47 Å². The van der Waals surface area contributed by atoms with Gasteiger partial charge < -0.3 is 14.8 Å². The third-order valence-electron chi connectivity index (χ3n) is 5.95. The fourth-order valence-corrected chi connectivity index (χ4v) is 5.00. The number of benzene rings is 1. The van der Waals surface area contributed by atoms with Crippen LogP contribution < -0.4 is 19.5 Å². The monoisotopic (exact) mass is 478 g/mol. The van der Waals surface area contributed by atoms with E-state index in [2.05, 4.69) is 21.9 Å². The summed E-state index contributed by atoms with van der Waals surface area (Å²) in [6.45, 7) is 7.54. The fourth-order valence-electron chi connectivity index (χ4n) is 4.07. The second-order valence-electron chi connectivity index (χ2n) is 8.66. The lowest BCUT2D eigenvalue weighted by Gasteiger charge is -2.34. The first-order valence-corrected chi connectivity index (χ1v) is 13.4. The van der Waals surface area contributed by atoms with Crippen molar-refractivity contribution in [1.29, 1.82) is 0 Å². The lowest BCUT2D eigenvalue weighted by atomic mass is 9.79. The molecule has 0 unspecified atom stereocenters. The van der Waals surface area contributed by atoms with Crippen LogP contribution in [0.15, 0.2) is 18.2 Å². The van der Waals surface area contributed by atoms with Crippen LogP contribution in [-0.4, -0.2) is 45.9 Å². The molecular weight excluding hydrogens is 440 g/mol. The highest BCUT2D eigenvalue weighted by Crippen LogP contribution is 2.37. The van der Waals surface area contributed by atoms with Gasteiger partial charge in [-0.3, -0.25) is 4.79 Å². The molecule has 1 aromatic carbocycles. The maximum atomic E-state index is 13.1. The summed E-state index contributed by atoms with van der Waals surface area (Å²) >= 11 is 0. The van der Waals surface area contributed by atoms with E-state index in [0.29, 0.717) is 18.1 Å². The SMILES string of the molecule is CCC#CCOc1ccc([C@@H]2CCCC[C@H]2NC(=O)[C@@H](NS(=O)(=O)CC)C(C)C)cc1OC. The van der Waals surface area contributed by atoms with Crippen LogP contribution in [-0.2, 0) is 14.8 Å². The van der Waals surface area contributed by atoms with Crippen LogP contribution in [0.4, 0.5) is 0 Å². The number of methoxy groups -OCH3 is 1. The van der Waals surface area contributed by atoms with Crippen molar-refractivity contribution in [2.75, 3.05) is 19.5 Å². The van der Waals surface area contributed by atoms with Gasteiger partial charge in [-0.1, -0.05) is 45.6 Å². The highest BCUT2D eigenvalue weighted by Gasteiger charge is 2.33. The average molecular weight is 479 g/mol. The molecule has 0 heterocycles. The minimum Gasteiger partial charge on any atom is -0.493 e. The molecule has 0 aliphatic heterocycles. The van der Waals surface area contributed by atoms with Crippen molar-refractivity contribution in [3.63, 3.8) is 0 Å². The Hall–Kier alpha value is -2.24. The zero-order valence-electron chi connectivity index (χ0n) is 20.4. The van der Waals surface area contributed by atoms with E-state index < -0.39 is 16.1 Å². The molecule has 0 spiro atoms. The summed E-state index contributed by atoms with van der Waals surface area (Å²) in [6.07, 6.45) is 4.65. The molecule has 2 rings (SSSR count). The van der Waals surface area contributed by atoms with Gasteiger partial charge in [0.2, 0.25) is 15.9 Å². The largest absolute Gasteiger partial charge is 0.493 e. The maximum absolute atomic E-state index is 13.1. The smallest absolute Gasteiger partial charge is 0.238 e. The van der Waals surface area contributed by atoms with Gasteiger partial charge in [0.1, 0.15) is 12.6 Å². The molecule has 0 saturated heterocycles. The van der Waals surface area contributed by atoms with Crippen LogP contribution in [0.2, 0.25) is 0 Å². The summed E-state index contributed by atoms with van der Waals surface area (Å²) in [7, 11) is -1.88. The zero-order chi connectivity index (χ0) is 24.4. The summed E-state index contributed by atoms with van der Waals surface area (Å²) in [5.41, 5.74) is 1.07. The molecule has 0 bridgehead atoms. The molecule has 7 nitrogen and oxygen atoms in total. The van der Waals surface area contributed by atoms with E-state index in [9.17, 15) is 13.2 Å². The molecule has 1 amide bonds. The normalized spacial score (nSPS) is 19.3. The summed E-state index contributed by atoms with van der Waals surface area (Å²) < 4.78 is 38.0. The number of nitrogens with one attached hydrogen (secondary N) is 2. The quantitative estimate of drug-likeness (QED) is 0.501. The second-order valence-corrected chi connectivity index (χ2v) is 10.7. The fraction of sp³-hybridized carbons (Fsp3) is 0.640. The predicted octanol–water partition coefficient (Wildman–Crippen LogP) is 3.59. The van der Waals surface area contributed by atoms with E-state index in [1.807, 2.05) is 39.0 Å². The Kier molecular flexibility index (Phi) is 10.5. The Morgan fingerprint density at radius 2 is 1.88 bits per heavy atom. The van der Waals surface area contributed by atoms with Crippen LogP contribution >= 0.6 is 0 Å². The van der Waals surface area contributed by atoms with E-state index >= 15 is 0 Å². The standard InChI is InChI=1S/C25H38N2O5S/c1-6-8-11-16-32-22-15-14-19(17-23(22)31-5)20-12-9-10-13-21(20)26-25(28)24(18(3)4)27-33(29,30)7-2/h14-15,17-18,20-21,24,27H,6-7,9-10,12-13,16H2,1-5H3,(H,26,28)/t20-,21+,24-/m0/s1. The van der Waals surface area contributed by atoms with E-state index in [-0.39, 0.29) is 29.5 Å². The maximum Gasteiger partial charge on any atom is 0.238 e. The van der Waals surface area contributed by atoms with Gasteiger partial charge in [0, 0.05) is 18.4 Å². The average Bonchev–Trinajstić information content (AvgIpc) is 2.80. The topological polar surface area (TPSA) is 93.7 Å². The van der Waals surface area contributed by atoms with Gasteiger partial charge in [0.05, 0.1) is 12.9 Å².